The predicted molar refractivity (Wildman–Crippen MR) is 153 cm³/mol. The van der Waals surface area contributed by atoms with E-state index in [-0.39, 0.29) is 34.8 Å². The molecule has 3 aromatic carbocycles. The number of halogens is 2. The lowest BCUT2D eigenvalue weighted by atomic mass is 9.96. The Morgan fingerprint density at radius 2 is 1.50 bits per heavy atom. The van der Waals surface area contributed by atoms with Gasteiger partial charge in [0.1, 0.15) is 11.6 Å². The Hall–Kier alpha value is -3.74. The van der Waals surface area contributed by atoms with E-state index in [4.69, 9.17) is 9.47 Å². The second kappa shape index (κ2) is 15.2. The van der Waals surface area contributed by atoms with E-state index in [9.17, 15) is 19.1 Å². The summed E-state index contributed by atoms with van der Waals surface area (Å²) in [5.74, 6) is -2.66. The van der Waals surface area contributed by atoms with Crippen LogP contribution in [0.25, 0.3) is 22.3 Å². The first kappa shape index (κ1) is 30.8. The summed E-state index contributed by atoms with van der Waals surface area (Å²) < 4.78 is 41.0. The number of hydrogen-bond donors (Lipinski definition) is 1. The number of carboxylic acids is 1. The second-order valence-corrected chi connectivity index (χ2v) is 10.2. The lowest BCUT2D eigenvalue weighted by molar-refractivity contribution is -0.135. The minimum Gasteiger partial charge on any atom is -0.494 e. The molecule has 0 aliphatic heterocycles. The van der Waals surface area contributed by atoms with Gasteiger partial charge in [-0.1, -0.05) is 77.5 Å². The van der Waals surface area contributed by atoms with E-state index in [0.29, 0.717) is 23.5 Å². The molecule has 7 heteroatoms. The topological polar surface area (TPSA) is 72.8 Å². The van der Waals surface area contributed by atoms with E-state index in [0.717, 1.165) is 25.7 Å². The lowest BCUT2D eigenvalue weighted by Crippen LogP contribution is -2.12. The molecule has 0 unspecified atom stereocenters. The van der Waals surface area contributed by atoms with Crippen LogP contribution in [0.15, 0.2) is 54.6 Å². The van der Waals surface area contributed by atoms with Gasteiger partial charge in [-0.25, -0.2) is 13.6 Å². The van der Waals surface area contributed by atoms with Crippen LogP contribution in [-0.2, 0) is 4.79 Å². The zero-order valence-electron chi connectivity index (χ0n) is 23.5. The van der Waals surface area contributed by atoms with Gasteiger partial charge in [-0.2, -0.15) is 0 Å². The molecule has 0 saturated carbocycles. The first-order valence-electron chi connectivity index (χ1n) is 14.0. The fourth-order valence-electron chi connectivity index (χ4n) is 4.36. The van der Waals surface area contributed by atoms with E-state index in [2.05, 4.69) is 6.92 Å². The first-order chi connectivity index (χ1) is 19.2. The molecule has 0 amide bonds. The Morgan fingerprint density at radius 1 is 0.825 bits per heavy atom. The molecular weight excluding hydrogens is 514 g/mol. The molecule has 0 bridgehead atoms. The SMILES string of the molecule is CCCCCCCCOc1ccc(C(=O)O)c(-c2ccc(-c3ccc(OC(=O)C[C@@H](C)CC)c(F)c3)cc2F)c1. The molecule has 1 atom stereocenters. The number of unbranched alkanes of at least 4 members (excludes halogenated alkanes) is 5. The minimum atomic E-state index is -1.18. The van der Waals surface area contributed by atoms with Crippen molar-refractivity contribution in [3.05, 3.63) is 71.8 Å². The Labute approximate surface area is 235 Å². The van der Waals surface area contributed by atoms with Gasteiger partial charge < -0.3 is 14.6 Å². The molecule has 0 aliphatic carbocycles. The van der Waals surface area contributed by atoms with Gasteiger partial charge in [0, 0.05) is 17.5 Å². The number of hydrogen-bond acceptors (Lipinski definition) is 4. The number of carbonyl (C=O) groups is 2. The fraction of sp³-hybridized carbons (Fsp3) is 0.394. The standard InChI is InChI=1S/C33H38F2O5/c1-4-6-7-8-9-10-17-39-25-13-15-27(33(37)38)28(21-25)26-14-11-23(19-29(26)34)24-12-16-31(30(35)20-24)40-32(36)18-22(3)5-2/h11-16,19-22H,4-10,17-18H2,1-3H3,(H,37,38)/t22-/m0/s1. The highest BCUT2D eigenvalue weighted by Gasteiger charge is 2.18. The van der Waals surface area contributed by atoms with Crippen molar-refractivity contribution in [3.8, 4) is 33.8 Å². The summed E-state index contributed by atoms with van der Waals surface area (Å²) in [4.78, 5) is 23.9. The van der Waals surface area contributed by atoms with Crippen LogP contribution >= 0.6 is 0 Å². The van der Waals surface area contributed by atoms with Crippen molar-refractivity contribution in [1.29, 1.82) is 0 Å². The van der Waals surface area contributed by atoms with Crippen LogP contribution in [0.1, 0.15) is 82.5 Å². The van der Waals surface area contributed by atoms with Crippen molar-refractivity contribution >= 4 is 11.9 Å². The Morgan fingerprint density at radius 3 is 2.15 bits per heavy atom. The number of aromatic carboxylic acids is 1. The highest BCUT2D eigenvalue weighted by atomic mass is 19.1. The number of benzene rings is 3. The highest BCUT2D eigenvalue weighted by Crippen LogP contribution is 2.34. The molecule has 0 saturated heterocycles. The molecule has 214 valence electrons. The van der Waals surface area contributed by atoms with Crippen molar-refractivity contribution in [2.24, 2.45) is 5.92 Å². The molecule has 0 aromatic heterocycles. The van der Waals surface area contributed by atoms with Gasteiger partial charge in [0.2, 0.25) is 0 Å². The quantitative estimate of drug-likeness (QED) is 0.116. The van der Waals surface area contributed by atoms with Gasteiger partial charge in [-0.15, -0.1) is 0 Å². The van der Waals surface area contributed by atoms with E-state index >= 15 is 4.39 Å². The maximum atomic E-state index is 15.4. The third kappa shape index (κ3) is 8.63. The number of carbonyl (C=O) groups excluding carboxylic acids is 1. The Kier molecular flexibility index (Phi) is 11.7. The average Bonchev–Trinajstić information content (AvgIpc) is 2.93. The van der Waals surface area contributed by atoms with Crippen LogP contribution in [0.2, 0.25) is 0 Å². The second-order valence-electron chi connectivity index (χ2n) is 10.2. The van der Waals surface area contributed by atoms with Gasteiger partial charge in [0.05, 0.1) is 12.2 Å². The number of ether oxygens (including phenoxy) is 2. The van der Waals surface area contributed by atoms with Gasteiger partial charge in [0.25, 0.3) is 0 Å². The number of rotatable bonds is 15. The number of esters is 1. The van der Waals surface area contributed by atoms with Gasteiger partial charge >= 0.3 is 11.9 Å². The maximum absolute atomic E-state index is 15.4. The molecular formula is C33H38F2O5. The monoisotopic (exact) mass is 552 g/mol. The van der Waals surface area contributed by atoms with Crippen molar-refractivity contribution < 1.29 is 33.0 Å². The molecule has 40 heavy (non-hydrogen) atoms. The highest BCUT2D eigenvalue weighted by molar-refractivity contribution is 5.96. The zero-order valence-corrected chi connectivity index (χ0v) is 23.5. The molecule has 1 N–H and O–H groups in total. The summed E-state index contributed by atoms with van der Waals surface area (Å²) in [5.41, 5.74) is 1.03. The van der Waals surface area contributed by atoms with Crippen LogP contribution in [0.3, 0.4) is 0 Å². The van der Waals surface area contributed by atoms with E-state index in [1.165, 1.54) is 49.6 Å². The first-order valence-corrected chi connectivity index (χ1v) is 14.0. The molecule has 3 rings (SSSR count). The molecule has 0 fully saturated rings. The summed E-state index contributed by atoms with van der Waals surface area (Å²) in [5, 5.41) is 9.70. The van der Waals surface area contributed by atoms with Crippen LogP contribution < -0.4 is 9.47 Å². The zero-order chi connectivity index (χ0) is 29.1. The lowest BCUT2D eigenvalue weighted by Gasteiger charge is -2.13. The summed E-state index contributed by atoms with van der Waals surface area (Å²) in [7, 11) is 0. The van der Waals surface area contributed by atoms with Crippen molar-refractivity contribution in [1.82, 2.24) is 0 Å². The molecule has 0 spiro atoms. The van der Waals surface area contributed by atoms with Crippen LogP contribution in [0.5, 0.6) is 11.5 Å². The third-order valence-electron chi connectivity index (χ3n) is 6.95. The van der Waals surface area contributed by atoms with Crippen molar-refractivity contribution in [3.63, 3.8) is 0 Å². The largest absolute Gasteiger partial charge is 0.494 e. The van der Waals surface area contributed by atoms with Gasteiger partial charge in [0.15, 0.2) is 11.6 Å². The van der Waals surface area contributed by atoms with E-state index in [1.807, 2.05) is 13.8 Å². The van der Waals surface area contributed by atoms with Gasteiger partial charge in [-0.3, -0.25) is 4.79 Å². The number of carboxylic acid groups (broad SMARTS) is 1. The minimum absolute atomic E-state index is 0.0480. The smallest absolute Gasteiger partial charge is 0.336 e. The third-order valence-corrected chi connectivity index (χ3v) is 6.95. The Bertz CT molecular complexity index is 1300. The predicted octanol–water partition coefficient (Wildman–Crippen LogP) is 9.08. The van der Waals surface area contributed by atoms with Crippen molar-refractivity contribution in [2.45, 2.75) is 72.1 Å². The van der Waals surface area contributed by atoms with E-state index in [1.54, 1.807) is 24.3 Å². The van der Waals surface area contributed by atoms with Crippen LogP contribution in [0, 0.1) is 17.6 Å². The molecule has 3 aromatic rings. The van der Waals surface area contributed by atoms with Crippen LogP contribution in [0.4, 0.5) is 8.78 Å². The molecule has 5 nitrogen and oxygen atoms in total. The maximum Gasteiger partial charge on any atom is 0.336 e. The summed E-state index contributed by atoms with van der Waals surface area (Å²) >= 11 is 0. The fourth-order valence-corrected chi connectivity index (χ4v) is 4.36. The molecule has 0 radical (unpaired) electrons. The molecule has 0 aliphatic rings. The summed E-state index contributed by atoms with van der Waals surface area (Å²) in [6.07, 6.45) is 7.69. The summed E-state index contributed by atoms with van der Waals surface area (Å²) in [6.45, 7) is 6.54. The normalized spacial score (nSPS) is 11.7. The Balaban J connectivity index is 1.77. The molecule has 0 heterocycles. The van der Waals surface area contributed by atoms with Crippen LogP contribution in [-0.4, -0.2) is 23.7 Å². The van der Waals surface area contributed by atoms with Crippen molar-refractivity contribution in [2.75, 3.05) is 6.61 Å². The average molecular weight is 553 g/mol. The summed E-state index contributed by atoms with van der Waals surface area (Å²) in [6, 6.07) is 12.9. The van der Waals surface area contributed by atoms with E-state index < -0.39 is 23.6 Å². The van der Waals surface area contributed by atoms with Gasteiger partial charge in [-0.05, 0) is 59.9 Å².